The van der Waals surface area contributed by atoms with Gasteiger partial charge in [0, 0.05) is 0 Å². The highest BCUT2D eigenvalue weighted by Crippen LogP contribution is 2.42. The molecule has 5 rings (SSSR count). The van der Waals surface area contributed by atoms with Gasteiger partial charge in [-0.2, -0.15) is 0 Å². The van der Waals surface area contributed by atoms with Crippen molar-refractivity contribution >= 4 is 33.3 Å². The predicted octanol–water partition coefficient (Wildman–Crippen LogP) is 3.96. The predicted molar refractivity (Wildman–Crippen MR) is 113 cm³/mol. The lowest BCUT2D eigenvalue weighted by Gasteiger charge is -2.22. The van der Waals surface area contributed by atoms with Crippen LogP contribution in [0.15, 0.2) is 75.9 Å². The van der Waals surface area contributed by atoms with Crippen LogP contribution in [0.25, 0.3) is 11.0 Å². The van der Waals surface area contributed by atoms with Crippen molar-refractivity contribution in [2.24, 2.45) is 0 Å². The Hall–Kier alpha value is -3.78. The molecule has 0 N–H and O–H groups in total. The molecule has 0 radical (unpaired) electrons. The number of ether oxygens (including phenoxy) is 1. The summed E-state index contributed by atoms with van der Waals surface area (Å²) in [5.41, 5.74) is 2.67. The van der Waals surface area contributed by atoms with Crippen LogP contribution in [-0.2, 0) is 0 Å². The van der Waals surface area contributed by atoms with Gasteiger partial charge < -0.3 is 9.15 Å². The summed E-state index contributed by atoms with van der Waals surface area (Å²) in [6.07, 6.45) is 1.65. The maximum atomic E-state index is 13.4. The first-order valence-electron chi connectivity index (χ1n) is 9.18. The molecule has 2 aromatic carbocycles. The maximum absolute atomic E-state index is 13.4. The molecule has 148 valence electrons. The Morgan fingerprint density at radius 3 is 2.87 bits per heavy atom. The molecule has 0 aliphatic carbocycles. The number of para-hydroxylation sites is 1. The summed E-state index contributed by atoms with van der Waals surface area (Å²) in [7, 11) is 0. The second-order valence-corrected chi connectivity index (χ2v) is 7.45. The third-order valence-electron chi connectivity index (χ3n) is 4.87. The van der Waals surface area contributed by atoms with E-state index in [0.717, 1.165) is 0 Å². The van der Waals surface area contributed by atoms with E-state index in [1.54, 1.807) is 36.4 Å². The first-order chi connectivity index (χ1) is 14.7. The van der Waals surface area contributed by atoms with Crippen molar-refractivity contribution < 1.29 is 13.9 Å². The number of hydrogen-bond donors (Lipinski definition) is 0. The normalized spacial score (nSPS) is 15.4. The van der Waals surface area contributed by atoms with Gasteiger partial charge in [0.05, 0.1) is 17.0 Å². The molecule has 3 heterocycles. The minimum Gasteiger partial charge on any atom is -0.490 e. The molecule has 1 atom stereocenters. The Morgan fingerprint density at radius 1 is 1.20 bits per heavy atom. The highest BCUT2D eigenvalue weighted by molar-refractivity contribution is 7.13. The number of aromatic nitrogens is 2. The van der Waals surface area contributed by atoms with Crippen LogP contribution in [0.1, 0.15) is 27.7 Å². The number of rotatable bonds is 5. The molecule has 1 aliphatic rings. The molecular formula is C22H15N3O4S. The van der Waals surface area contributed by atoms with Crippen molar-refractivity contribution in [2.75, 3.05) is 11.5 Å². The number of anilines is 1. The van der Waals surface area contributed by atoms with Crippen LogP contribution in [0.2, 0.25) is 0 Å². The van der Waals surface area contributed by atoms with E-state index in [2.05, 4.69) is 16.8 Å². The van der Waals surface area contributed by atoms with E-state index >= 15 is 0 Å². The fourth-order valence-electron chi connectivity index (χ4n) is 3.63. The highest BCUT2D eigenvalue weighted by Gasteiger charge is 2.45. The van der Waals surface area contributed by atoms with Gasteiger partial charge in [-0.3, -0.25) is 14.5 Å². The SMILES string of the molecule is C=CCOc1cccc([C@H]2c3c(oc4ccccc4c3=O)C(=O)N2c2nncs2)c1. The number of fused-ring (bicyclic) bond motifs is 2. The lowest BCUT2D eigenvalue weighted by atomic mass is 9.98. The van der Waals surface area contributed by atoms with Crippen LogP contribution in [0.4, 0.5) is 5.13 Å². The second kappa shape index (κ2) is 7.23. The average molecular weight is 417 g/mol. The van der Waals surface area contributed by atoms with Crippen LogP contribution < -0.4 is 15.1 Å². The standard InChI is InChI=1S/C22H15N3O4S/c1-2-10-28-14-7-5-6-13(11-14)18-17-19(26)15-8-3-4-9-16(15)29-20(17)21(27)25(18)22-24-23-12-30-22/h2-9,11-12,18H,1,10H2/t18-/m0/s1. The number of carbonyl (C=O) groups excluding carboxylic acids is 1. The molecule has 4 aromatic rings. The largest absolute Gasteiger partial charge is 0.490 e. The van der Waals surface area contributed by atoms with Crippen LogP contribution in [0.5, 0.6) is 5.75 Å². The topological polar surface area (TPSA) is 85.5 Å². The Balaban J connectivity index is 1.76. The van der Waals surface area contributed by atoms with Gasteiger partial charge in [0.25, 0.3) is 5.91 Å². The van der Waals surface area contributed by atoms with Crippen LogP contribution in [-0.4, -0.2) is 22.7 Å². The summed E-state index contributed by atoms with van der Waals surface area (Å²) < 4.78 is 11.5. The average Bonchev–Trinajstić information content (AvgIpc) is 3.39. The minimum absolute atomic E-state index is 0.0244. The Morgan fingerprint density at radius 2 is 2.07 bits per heavy atom. The van der Waals surface area contributed by atoms with Gasteiger partial charge in [0.1, 0.15) is 23.4 Å². The van der Waals surface area contributed by atoms with E-state index in [1.165, 1.54) is 21.7 Å². The number of carbonyl (C=O) groups is 1. The molecule has 1 amide bonds. The first-order valence-corrected chi connectivity index (χ1v) is 10.1. The maximum Gasteiger partial charge on any atom is 0.297 e. The third-order valence-corrected chi connectivity index (χ3v) is 5.56. The zero-order valence-corrected chi connectivity index (χ0v) is 16.5. The molecule has 7 nitrogen and oxygen atoms in total. The molecule has 0 unspecified atom stereocenters. The van der Waals surface area contributed by atoms with E-state index in [1.807, 2.05) is 18.2 Å². The first kappa shape index (κ1) is 18.3. The zero-order chi connectivity index (χ0) is 20.7. The molecule has 0 bridgehead atoms. The van der Waals surface area contributed by atoms with E-state index in [9.17, 15) is 9.59 Å². The van der Waals surface area contributed by atoms with E-state index in [0.29, 0.717) is 34.0 Å². The Bertz CT molecular complexity index is 1330. The van der Waals surface area contributed by atoms with Gasteiger partial charge >= 0.3 is 0 Å². The summed E-state index contributed by atoms with van der Waals surface area (Å²) >= 11 is 1.22. The summed E-state index contributed by atoms with van der Waals surface area (Å²) in [5, 5.41) is 8.73. The number of hydrogen-bond acceptors (Lipinski definition) is 7. The van der Waals surface area contributed by atoms with Gasteiger partial charge in [-0.25, -0.2) is 0 Å². The third kappa shape index (κ3) is 2.81. The highest BCUT2D eigenvalue weighted by atomic mass is 32.1. The zero-order valence-electron chi connectivity index (χ0n) is 15.6. The van der Waals surface area contributed by atoms with Gasteiger partial charge in [-0.1, -0.05) is 48.3 Å². The van der Waals surface area contributed by atoms with Crippen molar-refractivity contribution in [3.63, 3.8) is 0 Å². The smallest absolute Gasteiger partial charge is 0.297 e. The fourth-order valence-corrected chi connectivity index (χ4v) is 4.22. The Kier molecular flexibility index (Phi) is 4.40. The summed E-state index contributed by atoms with van der Waals surface area (Å²) in [4.78, 5) is 28.2. The van der Waals surface area contributed by atoms with Crippen molar-refractivity contribution in [2.45, 2.75) is 6.04 Å². The molecular weight excluding hydrogens is 402 g/mol. The molecule has 0 saturated carbocycles. The van der Waals surface area contributed by atoms with Crippen LogP contribution in [0.3, 0.4) is 0 Å². The summed E-state index contributed by atoms with van der Waals surface area (Å²) in [5.74, 6) is 0.207. The van der Waals surface area contributed by atoms with E-state index < -0.39 is 11.9 Å². The van der Waals surface area contributed by atoms with Gasteiger partial charge in [0.15, 0.2) is 5.43 Å². The number of amides is 1. The summed E-state index contributed by atoms with van der Waals surface area (Å²) in [6.45, 7) is 4.00. The van der Waals surface area contributed by atoms with Crippen molar-refractivity contribution in [3.05, 3.63) is 93.8 Å². The molecule has 2 aromatic heterocycles. The minimum atomic E-state index is -0.700. The molecule has 0 saturated heterocycles. The molecule has 8 heteroatoms. The van der Waals surface area contributed by atoms with Crippen LogP contribution >= 0.6 is 11.3 Å². The lowest BCUT2D eigenvalue weighted by Crippen LogP contribution is -2.29. The van der Waals surface area contributed by atoms with Gasteiger partial charge in [0.2, 0.25) is 10.9 Å². The lowest BCUT2D eigenvalue weighted by molar-refractivity contribution is 0.0970. The number of nitrogens with zero attached hydrogens (tertiary/aromatic N) is 3. The van der Waals surface area contributed by atoms with Crippen molar-refractivity contribution in [3.8, 4) is 5.75 Å². The molecule has 0 fully saturated rings. The summed E-state index contributed by atoms with van der Waals surface area (Å²) in [6, 6.07) is 13.5. The molecule has 0 spiro atoms. The van der Waals surface area contributed by atoms with E-state index in [4.69, 9.17) is 9.15 Å². The monoisotopic (exact) mass is 417 g/mol. The molecule has 30 heavy (non-hydrogen) atoms. The van der Waals surface area contributed by atoms with Crippen LogP contribution in [0, 0.1) is 0 Å². The second-order valence-electron chi connectivity index (χ2n) is 6.64. The van der Waals surface area contributed by atoms with Gasteiger partial charge in [-0.15, -0.1) is 10.2 Å². The number of benzene rings is 2. The quantitative estimate of drug-likeness (QED) is 0.457. The van der Waals surface area contributed by atoms with Gasteiger partial charge in [-0.05, 0) is 29.8 Å². The Labute approximate surface area is 174 Å². The fraction of sp³-hybridized carbons (Fsp3) is 0.0909. The molecule has 1 aliphatic heterocycles. The van der Waals surface area contributed by atoms with E-state index in [-0.39, 0.29) is 16.8 Å². The van der Waals surface area contributed by atoms with Crippen molar-refractivity contribution in [1.82, 2.24) is 10.2 Å². The van der Waals surface area contributed by atoms with Crippen molar-refractivity contribution in [1.29, 1.82) is 0 Å².